The normalized spacial score (nSPS) is 20.5. The van der Waals surface area contributed by atoms with Crippen molar-refractivity contribution < 1.29 is 4.79 Å². The lowest BCUT2D eigenvalue weighted by atomic mass is 9.91. The second-order valence-corrected chi connectivity index (χ2v) is 7.67. The van der Waals surface area contributed by atoms with Gasteiger partial charge in [0.15, 0.2) is 0 Å². The van der Waals surface area contributed by atoms with Crippen LogP contribution in [0.5, 0.6) is 0 Å². The molecule has 0 saturated carbocycles. The number of carbonyl (C=O) groups is 1. The molecule has 1 fully saturated rings. The Kier molecular flexibility index (Phi) is 4.35. The quantitative estimate of drug-likeness (QED) is 0.754. The van der Waals surface area contributed by atoms with Crippen LogP contribution in [-0.4, -0.2) is 40.1 Å². The molecule has 1 N–H and O–H groups in total. The van der Waals surface area contributed by atoms with Crippen molar-refractivity contribution in [3.8, 4) is 11.3 Å². The van der Waals surface area contributed by atoms with Gasteiger partial charge in [0, 0.05) is 31.1 Å². The number of imidazole rings is 1. The molecule has 2 aliphatic rings. The number of piperidine rings is 1. The first-order valence-electron chi connectivity index (χ1n) is 10.00. The summed E-state index contributed by atoms with van der Waals surface area (Å²) in [6, 6.07) is 19.1. The average molecular weight is 372 g/mol. The van der Waals surface area contributed by atoms with Crippen LogP contribution >= 0.6 is 0 Å². The number of nitrogens with zero attached hydrogens (tertiary/aromatic N) is 3. The fraction of sp³-hybridized carbons (Fsp3) is 0.304. The van der Waals surface area contributed by atoms with E-state index in [-0.39, 0.29) is 12.1 Å². The molecule has 2 aliphatic heterocycles. The van der Waals surface area contributed by atoms with Gasteiger partial charge in [-0.3, -0.25) is 0 Å². The number of fused-ring (bicyclic) bond motifs is 3. The molecule has 142 valence electrons. The number of likely N-dealkylation sites (tertiary alicyclic amines) is 1. The Labute approximate surface area is 165 Å². The molecule has 3 heterocycles. The van der Waals surface area contributed by atoms with E-state index in [1.165, 1.54) is 16.7 Å². The third-order valence-electron chi connectivity index (χ3n) is 6.02. The molecule has 1 aromatic heterocycles. The van der Waals surface area contributed by atoms with Crippen LogP contribution in [0.1, 0.15) is 35.9 Å². The average Bonchev–Trinajstić information content (AvgIpc) is 3.34. The zero-order chi connectivity index (χ0) is 18.9. The molecule has 28 heavy (non-hydrogen) atoms. The fourth-order valence-corrected chi connectivity index (χ4v) is 4.60. The molecule has 0 radical (unpaired) electrons. The first-order valence-corrected chi connectivity index (χ1v) is 10.00. The summed E-state index contributed by atoms with van der Waals surface area (Å²) in [6.07, 6.45) is 5.95. The lowest BCUT2D eigenvalue weighted by molar-refractivity contribution is 0.178. The Bertz CT molecular complexity index is 981. The van der Waals surface area contributed by atoms with Crippen LogP contribution in [0.2, 0.25) is 0 Å². The second-order valence-electron chi connectivity index (χ2n) is 7.67. The van der Waals surface area contributed by atoms with Crippen molar-refractivity contribution >= 4 is 6.03 Å². The first-order chi connectivity index (χ1) is 13.8. The largest absolute Gasteiger partial charge is 0.336 e. The highest BCUT2D eigenvalue weighted by atomic mass is 16.2. The maximum atomic E-state index is 12.9. The summed E-state index contributed by atoms with van der Waals surface area (Å²) in [5.41, 5.74) is 4.91. The Morgan fingerprint density at radius 2 is 1.93 bits per heavy atom. The van der Waals surface area contributed by atoms with E-state index in [1.54, 1.807) is 0 Å². The van der Waals surface area contributed by atoms with Crippen LogP contribution in [0.15, 0.2) is 67.1 Å². The van der Waals surface area contributed by atoms with E-state index in [2.05, 4.69) is 63.4 Å². The standard InChI is InChI=1S/C23H24N4O/c28-23(26-12-6-9-18(15-26)17-7-2-1-3-8-17)25-14-22-20-11-5-4-10-19(20)21-13-24-16-27(21)22/h1-5,7-8,10-11,13,16,18,22H,6,9,12,14-15H2,(H,25,28)/t18-,22+/m1/s1. The van der Waals surface area contributed by atoms with Crippen LogP contribution in [0.3, 0.4) is 0 Å². The van der Waals surface area contributed by atoms with Crippen molar-refractivity contribution in [1.82, 2.24) is 19.8 Å². The smallest absolute Gasteiger partial charge is 0.317 e. The highest BCUT2D eigenvalue weighted by Gasteiger charge is 2.30. The van der Waals surface area contributed by atoms with Gasteiger partial charge in [0.25, 0.3) is 0 Å². The summed E-state index contributed by atoms with van der Waals surface area (Å²) < 4.78 is 2.16. The SMILES string of the molecule is O=C(NC[C@H]1c2ccccc2-c2cncn21)N1CCC[C@@H](c2ccccc2)C1. The van der Waals surface area contributed by atoms with E-state index in [1.807, 2.05) is 23.5 Å². The third-order valence-corrected chi connectivity index (χ3v) is 6.02. The van der Waals surface area contributed by atoms with E-state index in [0.717, 1.165) is 31.6 Å². The van der Waals surface area contributed by atoms with Gasteiger partial charge in [-0.1, -0.05) is 54.6 Å². The van der Waals surface area contributed by atoms with Crippen LogP contribution in [0.4, 0.5) is 4.79 Å². The predicted octanol–water partition coefficient (Wildman–Crippen LogP) is 4.04. The molecule has 0 bridgehead atoms. The number of hydrogen-bond donors (Lipinski definition) is 1. The Hall–Kier alpha value is -3.08. The lowest BCUT2D eigenvalue weighted by Gasteiger charge is -2.33. The minimum atomic E-state index is 0.0340. The Morgan fingerprint density at radius 1 is 1.11 bits per heavy atom. The first kappa shape index (κ1) is 17.0. The molecule has 0 aliphatic carbocycles. The maximum absolute atomic E-state index is 12.9. The number of hydrogen-bond acceptors (Lipinski definition) is 2. The zero-order valence-corrected chi connectivity index (χ0v) is 15.8. The van der Waals surface area contributed by atoms with Crippen molar-refractivity contribution in [2.75, 3.05) is 19.6 Å². The topological polar surface area (TPSA) is 50.2 Å². The molecule has 3 aromatic rings. The highest BCUT2D eigenvalue weighted by molar-refractivity contribution is 5.75. The Morgan fingerprint density at radius 3 is 2.82 bits per heavy atom. The molecule has 1 saturated heterocycles. The van der Waals surface area contributed by atoms with E-state index in [4.69, 9.17) is 0 Å². The second kappa shape index (κ2) is 7.15. The molecule has 2 atom stereocenters. The number of nitrogens with one attached hydrogen (secondary N) is 1. The van der Waals surface area contributed by atoms with Crippen LogP contribution in [-0.2, 0) is 0 Å². The van der Waals surface area contributed by atoms with E-state index >= 15 is 0 Å². The van der Waals surface area contributed by atoms with Gasteiger partial charge in [-0.15, -0.1) is 0 Å². The summed E-state index contributed by atoms with van der Waals surface area (Å²) in [5.74, 6) is 0.424. The van der Waals surface area contributed by atoms with Gasteiger partial charge in [0.05, 0.1) is 24.3 Å². The number of amides is 2. The molecule has 5 rings (SSSR count). The van der Waals surface area contributed by atoms with Crippen molar-refractivity contribution in [2.24, 2.45) is 0 Å². The van der Waals surface area contributed by atoms with Crippen LogP contribution in [0, 0.1) is 0 Å². The molecule has 5 nitrogen and oxygen atoms in total. The van der Waals surface area contributed by atoms with Gasteiger partial charge in [0.2, 0.25) is 0 Å². The van der Waals surface area contributed by atoms with E-state index in [9.17, 15) is 4.79 Å². The number of rotatable bonds is 3. The van der Waals surface area contributed by atoms with Gasteiger partial charge in [-0.25, -0.2) is 9.78 Å². The predicted molar refractivity (Wildman–Crippen MR) is 109 cm³/mol. The summed E-state index contributed by atoms with van der Waals surface area (Å²) >= 11 is 0. The van der Waals surface area contributed by atoms with Crippen molar-refractivity contribution in [3.63, 3.8) is 0 Å². The maximum Gasteiger partial charge on any atom is 0.317 e. The van der Waals surface area contributed by atoms with Gasteiger partial charge in [0.1, 0.15) is 0 Å². The molecule has 2 aromatic carbocycles. The van der Waals surface area contributed by atoms with Gasteiger partial charge in [-0.05, 0) is 24.0 Å². The monoisotopic (exact) mass is 372 g/mol. The Balaban J connectivity index is 1.27. The van der Waals surface area contributed by atoms with Crippen molar-refractivity contribution in [1.29, 1.82) is 0 Å². The molecule has 2 amide bonds. The number of carbonyl (C=O) groups excluding carboxylic acids is 1. The van der Waals surface area contributed by atoms with Crippen LogP contribution in [0.25, 0.3) is 11.3 Å². The fourth-order valence-electron chi connectivity index (χ4n) is 4.60. The van der Waals surface area contributed by atoms with Crippen LogP contribution < -0.4 is 5.32 Å². The molecular formula is C23H24N4O. The number of urea groups is 1. The van der Waals surface area contributed by atoms with Gasteiger partial charge < -0.3 is 14.8 Å². The highest BCUT2D eigenvalue weighted by Crippen LogP contribution is 2.38. The summed E-state index contributed by atoms with van der Waals surface area (Å²) in [6.45, 7) is 2.19. The minimum Gasteiger partial charge on any atom is -0.336 e. The van der Waals surface area contributed by atoms with Gasteiger partial charge >= 0.3 is 6.03 Å². The van der Waals surface area contributed by atoms with Crippen molar-refractivity contribution in [2.45, 2.75) is 24.8 Å². The summed E-state index contributed by atoms with van der Waals surface area (Å²) in [5, 5.41) is 3.18. The molecule has 0 spiro atoms. The van der Waals surface area contributed by atoms with E-state index in [0.29, 0.717) is 12.5 Å². The van der Waals surface area contributed by atoms with E-state index < -0.39 is 0 Å². The number of benzene rings is 2. The summed E-state index contributed by atoms with van der Waals surface area (Å²) in [4.78, 5) is 19.1. The summed E-state index contributed by atoms with van der Waals surface area (Å²) in [7, 11) is 0. The number of aromatic nitrogens is 2. The van der Waals surface area contributed by atoms with Gasteiger partial charge in [-0.2, -0.15) is 0 Å². The molecule has 5 heteroatoms. The molecule has 0 unspecified atom stereocenters. The zero-order valence-electron chi connectivity index (χ0n) is 15.8. The lowest BCUT2D eigenvalue weighted by Crippen LogP contribution is -2.46. The van der Waals surface area contributed by atoms with Crippen molar-refractivity contribution in [3.05, 3.63) is 78.2 Å². The minimum absolute atomic E-state index is 0.0340. The molecular weight excluding hydrogens is 348 g/mol. The third kappa shape index (κ3) is 2.97.